The number of fused-ring (bicyclic) bond motifs is 1. The number of carbonyl (C=O) groups excluding carboxylic acids is 1. The Labute approximate surface area is 150 Å². The molecule has 3 rings (SSSR count). The number of nitrogens with zero attached hydrogens (tertiary/aromatic N) is 1. The molecule has 0 unspecified atom stereocenters. The van der Waals surface area contributed by atoms with Crippen molar-refractivity contribution in [2.75, 3.05) is 0 Å². The maximum atomic E-state index is 12.5. The largest absolute Gasteiger partial charge is 0.348 e. The van der Waals surface area contributed by atoms with Gasteiger partial charge in [0.05, 0.1) is 5.56 Å². The maximum absolute atomic E-state index is 12.5. The lowest BCUT2D eigenvalue weighted by atomic mass is 10.1. The molecule has 0 aliphatic carbocycles. The van der Waals surface area contributed by atoms with Gasteiger partial charge in [-0.3, -0.25) is 4.79 Å². The number of benzene rings is 1. The van der Waals surface area contributed by atoms with Gasteiger partial charge in [-0.1, -0.05) is 18.2 Å². The minimum atomic E-state index is 0. The summed E-state index contributed by atoms with van der Waals surface area (Å²) in [5, 5.41) is 6.40. The number of amides is 1. The van der Waals surface area contributed by atoms with E-state index in [9.17, 15) is 4.79 Å². The van der Waals surface area contributed by atoms with E-state index in [1.165, 1.54) is 11.1 Å². The van der Waals surface area contributed by atoms with Crippen molar-refractivity contribution in [1.82, 2.24) is 15.2 Å². The van der Waals surface area contributed by atoms with Crippen molar-refractivity contribution >= 4 is 18.3 Å². The quantitative estimate of drug-likeness (QED) is 0.887. The van der Waals surface area contributed by atoms with Gasteiger partial charge in [-0.15, -0.1) is 12.4 Å². The van der Waals surface area contributed by atoms with Crippen LogP contribution in [0.25, 0.3) is 0 Å². The molecule has 0 spiro atoms. The fourth-order valence-corrected chi connectivity index (χ4v) is 3.54. The fraction of sp³-hybridized carbons (Fsp3) is 0.421. The van der Waals surface area contributed by atoms with Gasteiger partial charge in [-0.05, 0) is 50.5 Å². The molecule has 0 fully saturated rings. The molecule has 0 saturated carbocycles. The van der Waals surface area contributed by atoms with Crippen molar-refractivity contribution in [1.29, 1.82) is 0 Å². The van der Waals surface area contributed by atoms with Crippen LogP contribution in [0, 0.1) is 13.8 Å². The number of hydrogen-bond donors (Lipinski definition) is 2. The van der Waals surface area contributed by atoms with Crippen LogP contribution in [0.3, 0.4) is 0 Å². The predicted octanol–water partition coefficient (Wildman–Crippen LogP) is 3.64. The number of carbonyl (C=O) groups is 1. The second kappa shape index (κ2) is 7.41. The van der Waals surface area contributed by atoms with Crippen molar-refractivity contribution in [2.24, 2.45) is 0 Å². The molecule has 2 aromatic rings. The highest BCUT2D eigenvalue weighted by atomic mass is 35.5. The summed E-state index contributed by atoms with van der Waals surface area (Å²) < 4.78 is 2.20. The van der Waals surface area contributed by atoms with Crippen LogP contribution in [0.4, 0.5) is 0 Å². The Morgan fingerprint density at radius 3 is 2.58 bits per heavy atom. The summed E-state index contributed by atoms with van der Waals surface area (Å²) >= 11 is 0. The third-order valence-electron chi connectivity index (χ3n) is 4.60. The summed E-state index contributed by atoms with van der Waals surface area (Å²) in [6.07, 6.45) is 0. The third-order valence-corrected chi connectivity index (χ3v) is 4.60. The molecule has 0 saturated heterocycles. The van der Waals surface area contributed by atoms with E-state index in [2.05, 4.69) is 54.2 Å². The summed E-state index contributed by atoms with van der Waals surface area (Å²) in [5.74, 6) is 0.00336. The lowest BCUT2D eigenvalue weighted by Crippen LogP contribution is -2.23. The van der Waals surface area contributed by atoms with Gasteiger partial charge < -0.3 is 15.2 Å². The summed E-state index contributed by atoms with van der Waals surface area (Å²) in [6.45, 7) is 10.8. The molecule has 1 aromatic heterocycles. The second-order valence-electron chi connectivity index (χ2n) is 6.64. The van der Waals surface area contributed by atoms with Crippen molar-refractivity contribution in [3.63, 3.8) is 0 Å². The zero-order valence-corrected chi connectivity index (χ0v) is 15.6. The zero-order valence-electron chi connectivity index (χ0n) is 14.8. The Hall–Kier alpha value is -1.78. The van der Waals surface area contributed by atoms with E-state index in [0.29, 0.717) is 12.6 Å². The third kappa shape index (κ3) is 3.50. The van der Waals surface area contributed by atoms with E-state index in [1.807, 2.05) is 13.0 Å². The van der Waals surface area contributed by atoms with Gasteiger partial charge in [0.25, 0.3) is 5.91 Å². The van der Waals surface area contributed by atoms with Crippen LogP contribution in [-0.4, -0.2) is 10.5 Å². The highest BCUT2D eigenvalue weighted by molar-refractivity contribution is 5.95. The molecule has 1 aliphatic rings. The molecule has 5 heteroatoms. The first-order chi connectivity index (χ1) is 11.0. The van der Waals surface area contributed by atoms with Gasteiger partial charge in [-0.25, -0.2) is 0 Å². The van der Waals surface area contributed by atoms with Crippen LogP contribution in [-0.2, 0) is 19.6 Å². The van der Waals surface area contributed by atoms with Gasteiger partial charge in [-0.2, -0.15) is 0 Å². The van der Waals surface area contributed by atoms with E-state index in [4.69, 9.17) is 0 Å². The highest BCUT2D eigenvalue weighted by Gasteiger charge is 2.17. The maximum Gasteiger partial charge on any atom is 0.253 e. The number of hydrogen-bond acceptors (Lipinski definition) is 2. The molecular weight excluding hydrogens is 322 g/mol. The van der Waals surface area contributed by atoms with Crippen LogP contribution in [0.1, 0.15) is 58.3 Å². The number of aromatic nitrogens is 1. The van der Waals surface area contributed by atoms with E-state index in [-0.39, 0.29) is 18.3 Å². The van der Waals surface area contributed by atoms with E-state index >= 15 is 0 Å². The van der Waals surface area contributed by atoms with Crippen molar-refractivity contribution in [3.8, 4) is 0 Å². The van der Waals surface area contributed by atoms with Gasteiger partial charge in [0.15, 0.2) is 0 Å². The van der Waals surface area contributed by atoms with Gasteiger partial charge in [0, 0.05) is 37.1 Å². The van der Waals surface area contributed by atoms with Gasteiger partial charge in [0.1, 0.15) is 0 Å². The number of halogens is 1. The fourth-order valence-electron chi connectivity index (χ4n) is 3.54. The van der Waals surface area contributed by atoms with E-state index in [1.54, 1.807) is 0 Å². The van der Waals surface area contributed by atoms with Crippen molar-refractivity contribution in [3.05, 3.63) is 57.9 Å². The first-order valence-corrected chi connectivity index (χ1v) is 8.25. The number of aryl methyl sites for hydroxylation is 1. The van der Waals surface area contributed by atoms with Crippen LogP contribution < -0.4 is 10.6 Å². The van der Waals surface area contributed by atoms with Crippen LogP contribution in [0.2, 0.25) is 0 Å². The molecule has 0 radical (unpaired) electrons. The molecule has 1 amide bonds. The molecule has 130 valence electrons. The van der Waals surface area contributed by atoms with E-state index < -0.39 is 0 Å². The molecule has 24 heavy (non-hydrogen) atoms. The van der Waals surface area contributed by atoms with Crippen LogP contribution in [0.15, 0.2) is 24.3 Å². The summed E-state index contributed by atoms with van der Waals surface area (Å²) in [7, 11) is 0. The lowest BCUT2D eigenvalue weighted by molar-refractivity contribution is 0.0950. The minimum absolute atomic E-state index is 0. The average molecular weight is 348 g/mol. The van der Waals surface area contributed by atoms with E-state index in [0.717, 1.165) is 35.6 Å². The van der Waals surface area contributed by atoms with Crippen molar-refractivity contribution in [2.45, 2.75) is 53.4 Å². The van der Waals surface area contributed by atoms with Crippen LogP contribution in [0.5, 0.6) is 0 Å². The number of nitrogens with one attached hydrogen (secondary N) is 2. The first-order valence-electron chi connectivity index (χ1n) is 8.25. The molecule has 1 aliphatic heterocycles. The summed E-state index contributed by atoms with van der Waals surface area (Å²) in [4.78, 5) is 12.5. The second-order valence-corrected chi connectivity index (χ2v) is 6.64. The molecule has 0 atom stereocenters. The molecule has 1 aromatic carbocycles. The molecule has 2 N–H and O–H groups in total. The highest BCUT2D eigenvalue weighted by Crippen LogP contribution is 2.20. The van der Waals surface area contributed by atoms with Gasteiger partial charge in [0.2, 0.25) is 0 Å². The standard InChI is InChI=1S/C19H25N3O.ClH/c1-12(2)22-13(3)7-18(14(22)4)19(23)21-9-15-5-6-16-10-20-11-17(16)8-15;/h5-8,12,20H,9-11H2,1-4H3,(H,21,23);1H. The normalized spacial score (nSPS) is 12.9. The monoisotopic (exact) mass is 347 g/mol. The zero-order chi connectivity index (χ0) is 16.6. The SMILES string of the molecule is Cc1cc(C(=O)NCc2ccc3c(c2)CNC3)c(C)n1C(C)C.Cl. The summed E-state index contributed by atoms with van der Waals surface area (Å²) in [5.41, 5.74) is 6.80. The predicted molar refractivity (Wildman–Crippen MR) is 99.7 cm³/mol. The smallest absolute Gasteiger partial charge is 0.253 e. The van der Waals surface area contributed by atoms with Crippen LogP contribution >= 0.6 is 12.4 Å². The Balaban J connectivity index is 0.00000208. The lowest BCUT2D eigenvalue weighted by Gasteiger charge is -2.13. The van der Waals surface area contributed by atoms with Gasteiger partial charge >= 0.3 is 0 Å². The minimum Gasteiger partial charge on any atom is -0.348 e. The molecular formula is C19H26ClN3O. The Bertz CT molecular complexity index is 749. The molecule has 2 heterocycles. The number of rotatable bonds is 4. The first kappa shape index (κ1) is 18.6. The average Bonchev–Trinajstić information content (AvgIpc) is 3.08. The molecule has 4 nitrogen and oxygen atoms in total. The molecule has 0 bridgehead atoms. The topological polar surface area (TPSA) is 46.1 Å². The van der Waals surface area contributed by atoms with Crippen molar-refractivity contribution < 1.29 is 4.79 Å². The summed E-state index contributed by atoms with van der Waals surface area (Å²) in [6, 6.07) is 8.79. The Kier molecular flexibility index (Phi) is 5.73. The Morgan fingerprint density at radius 2 is 1.92 bits per heavy atom. The Morgan fingerprint density at radius 1 is 1.21 bits per heavy atom.